The van der Waals surface area contributed by atoms with Gasteiger partial charge in [-0.15, -0.1) is 15.0 Å². The fourth-order valence-corrected chi connectivity index (χ4v) is 3.94. The van der Waals surface area contributed by atoms with Crippen molar-refractivity contribution in [2.24, 2.45) is 0 Å². The number of hydrogen-bond acceptors (Lipinski definition) is 6. The summed E-state index contributed by atoms with van der Waals surface area (Å²) in [6.07, 6.45) is 1.76. The van der Waals surface area contributed by atoms with E-state index < -0.39 is 0 Å². The largest absolute Gasteiger partial charge is 0.335 e. The van der Waals surface area contributed by atoms with Gasteiger partial charge in [-0.2, -0.15) is 5.10 Å². The molecular weight excluding hydrogens is 440 g/mol. The van der Waals surface area contributed by atoms with Gasteiger partial charge in [0.2, 0.25) is 5.82 Å². The molecule has 2 aromatic carbocycles. The first-order chi connectivity index (χ1) is 16.1. The Morgan fingerprint density at radius 2 is 1.67 bits per heavy atom. The Labute approximate surface area is 196 Å². The smallest absolute Gasteiger partial charge is 0.274 e. The van der Waals surface area contributed by atoms with Gasteiger partial charge in [0.25, 0.3) is 5.91 Å². The molecule has 0 bridgehead atoms. The van der Waals surface area contributed by atoms with Crippen LogP contribution in [0.3, 0.4) is 0 Å². The van der Waals surface area contributed by atoms with Gasteiger partial charge in [0, 0.05) is 49.5 Å². The highest BCUT2D eigenvalue weighted by Crippen LogP contribution is 2.14. The summed E-state index contributed by atoms with van der Waals surface area (Å²) >= 11 is 5.96. The van der Waals surface area contributed by atoms with Crippen LogP contribution < -0.4 is 0 Å². The topological polar surface area (TPSA) is 85.0 Å². The number of nitrogens with zero attached hydrogens (tertiary/aromatic N) is 8. The Bertz CT molecular complexity index is 1210. The lowest BCUT2D eigenvalue weighted by molar-refractivity contribution is 0.0621. The normalized spacial score (nSPS) is 14.5. The summed E-state index contributed by atoms with van der Waals surface area (Å²) in [5.41, 5.74) is 2.54. The molecule has 33 heavy (non-hydrogen) atoms. The van der Waals surface area contributed by atoms with Crippen molar-refractivity contribution in [2.45, 2.75) is 13.2 Å². The molecule has 0 aliphatic carbocycles. The van der Waals surface area contributed by atoms with Gasteiger partial charge in [-0.05, 0) is 29.0 Å². The average molecular weight is 463 g/mol. The summed E-state index contributed by atoms with van der Waals surface area (Å²) in [4.78, 5) is 18.6. The zero-order valence-corrected chi connectivity index (χ0v) is 18.7. The molecule has 0 spiro atoms. The maximum atomic E-state index is 12.9. The van der Waals surface area contributed by atoms with Crippen LogP contribution in [0, 0.1) is 0 Å². The van der Waals surface area contributed by atoms with Gasteiger partial charge in [0.1, 0.15) is 5.69 Å². The third kappa shape index (κ3) is 5.10. The standard InChI is InChI=1S/C23H23ClN8O/c24-20-8-6-18(7-9-20)16-29-12-14-30(15-13-29)23(33)21-10-11-31(26-21)17-32-27-22(25-28-32)19-4-2-1-3-5-19/h1-11H,12-17H2. The van der Waals surface area contributed by atoms with Crippen molar-refractivity contribution < 1.29 is 4.79 Å². The van der Waals surface area contributed by atoms with Crippen LogP contribution in [0.25, 0.3) is 11.4 Å². The molecule has 2 aromatic heterocycles. The third-order valence-corrected chi connectivity index (χ3v) is 5.85. The summed E-state index contributed by atoms with van der Waals surface area (Å²) in [5.74, 6) is 0.493. The molecule has 1 amide bonds. The number of benzene rings is 2. The van der Waals surface area contributed by atoms with Gasteiger partial charge < -0.3 is 4.90 Å². The maximum Gasteiger partial charge on any atom is 0.274 e. The molecule has 10 heteroatoms. The molecule has 0 saturated carbocycles. The van der Waals surface area contributed by atoms with E-state index in [0.717, 1.165) is 30.2 Å². The highest BCUT2D eigenvalue weighted by atomic mass is 35.5. The van der Waals surface area contributed by atoms with E-state index >= 15 is 0 Å². The minimum atomic E-state index is -0.0589. The monoisotopic (exact) mass is 462 g/mol. The number of tetrazole rings is 1. The lowest BCUT2D eigenvalue weighted by atomic mass is 10.2. The molecule has 9 nitrogen and oxygen atoms in total. The minimum Gasteiger partial charge on any atom is -0.335 e. The van der Waals surface area contributed by atoms with E-state index in [-0.39, 0.29) is 12.6 Å². The van der Waals surface area contributed by atoms with Crippen molar-refractivity contribution in [3.63, 3.8) is 0 Å². The predicted molar refractivity (Wildman–Crippen MR) is 124 cm³/mol. The van der Waals surface area contributed by atoms with Crippen LogP contribution in [0.4, 0.5) is 0 Å². The van der Waals surface area contributed by atoms with Crippen molar-refractivity contribution in [1.82, 2.24) is 39.8 Å². The fourth-order valence-electron chi connectivity index (χ4n) is 3.81. The van der Waals surface area contributed by atoms with E-state index in [1.165, 1.54) is 10.4 Å². The second kappa shape index (κ2) is 9.51. The Kier molecular flexibility index (Phi) is 6.14. The molecule has 4 aromatic rings. The zero-order chi connectivity index (χ0) is 22.6. The second-order valence-corrected chi connectivity index (χ2v) is 8.36. The number of rotatable bonds is 6. The third-order valence-electron chi connectivity index (χ3n) is 5.59. The quantitative estimate of drug-likeness (QED) is 0.438. The Morgan fingerprint density at radius 1 is 0.909 bits per heavy atom. The number of piperazine rings is 1. The summed E-state index contributed by atoms with van der Waals surface area (Å²) < 4.78 is 1.64. The van der Waals surface area contributed by atoms with Gasteiger partial charge in [-0.25, -0.2) is 4.68 Å². The fraction of sp³-hybridized carbons (Fsp3) is 0.261. The molecule has 1 aliphatic heterocycles. The van der Waals surface area contributed by atoms with E-state index in [2.05, 4.69) is 25.4 Å². The van der Waals surface area contributed by atoms with E-state index in [1.807, 2.05) is 59.5 Å². The maximum absolute atomic E-state index is 12.9. The van der Waals surface area contributed by atoms with E-state index in [9.17, 15) is 4.79 Å². The van der Waals surface area contributed by atoms with Crippen LogP contribution in [0.1, 0.15) is 16.1 Å². The van der Waals surface area contributed by atoms with Gasteiger partial charge in [-0.3, -0.25) is 9.69 Å². The van der Waals surface area contributed by atoms with Crippen molar-refractivity contribution in [3.05, 3.63) is 83.1 Å². The number of carbonyl (C=O) groups excluding carboxylic acids is 1. The molecule has 0 N–H and O–H groups in total. The van der Waals surface area contributed by atoms with Crippen LogP contribution in [0.15, 0.2) is 66.9 Å². The van der Waals surface area contributed by atoms with E-state index in [0.29, 0.717) is 24.6 Å². The molecule has 1 fully saturated rings. The van der Waals surface area contributed by atoms with Crippen LogP contribution in [0.2, 0.25) is 5.02 Å². The number of hydrogen-bond donors (Lipinski definition) is 0. The van der Waals surface area contributed by atoms with Gasteiger partial charge >= 0.3 is 0 Å². The SMILES string of the molecule is O=C(c1ccn(Cn2nnc(-c3ccccc3)n2)n1)N1CCN(Cc2ccc(Cl)cc2)CC1. The highest BCUT2D eigenvalue weighted by molar-refractivity contribution is 6.30. The minimum absolute atomic E-state index is 0.0589. The summed E-state index contributed by atoms with van der Waals surface area (Å²) in [7, 11) is 0. The predicted octanol–water partition coefficient (Wildman–Crippen LogP) is 2.65. The molecule has 3 heterocycles. The second-order valence-electron chi connectivity index (χ2n) is 7.93. The van der Waals surface area contributed by atoms with E-state index in [1.54, 1.807) is 16.9 Å². The van der Waals surface area contributed by atoms with Crippen LogP contribution in [-0.4, -0.2) is 71.9 Å². The lowest BCUT2D eigenvalue weighted by Crippen LogP contribution is -2.48. The summed E-state index contributed by atoms with van der Waals surface area (Å²) in [6, 6.07) is 19.3. The van der Waals surface area contributed by atoms with Gasteiger partial charge in [-0.1, -0.05) is 54.1 Å². The molecule has 0 unspecified atom stereocenters. The average Bonchev–Trinajstić information content (AvgIpc) is 3.51. The first-order valence-corrected chi connectivity index (χ1v) is 11.1. The first-order valence-electron chi connectivity index (χ1n) is 10.8. The van der Waals surface area contributed by atoms with Crippen LogP contribution >= 0.6 is 11.6 Å². The molecule has 1 aliphatic rings. The summed E-state index contributed by atoms with van der Waals surface area (Å²) in [6.45, 7) is 4.11. The number of amides is 1. The van der Waals surface area contributed by atoms with Gasteiger partial charge in [0.05, 0.1) is 0 Å². The Morgan fingerprint density at radius 3 is 2.42 bits per heavy atom. The molecule has 1 saturated heterocycles. The van der Waals surface area contributed by atoms with Crippen molar-refractivity contribution in [1.29, 1.82) is 0 Å². The molecule has 5 rings (SSSR count). The number of carbonyl (C=O) groups is 1. The Balaban J connectivity index is 1.15. The highest BCUT2D eigenvalue weighted by Gasteiger charge is 2.23. The van der Waals surface area contributed by atoms with Gasteiger partial charge in [0.15, 0.2) is 6.67 Å². The van der Waals surface area contributed by atoms with Crippen LogP contribution in [-0.2, 0) is 13.2 Å². The number of halogens is 1. The first kappa shape index (κ1) is 21.3. The molecule has 0 atom stereocenters. The van der Waals surface area contributed by atoms with Crippen molar-refractivity contribution in [2.75, 3.05) is 26.2 Å². The molecular formula is C23H23ClN8O. The zero-order valence-electron chi connectivity index (χ0n) is 18.0. The van der Waals surface area contributed by atoms with Crippen LogP contribution in [0.5, 0.6) is 0 Å². The van der Waals surface area contributed by atoms with Crippen molar-refractivity contribution in [3.8, 4) is 11.4 Å². The van der Waals surface area contributed by atoms with Crippen molar-refractivity contribution >= 4 is 17.5 Å². The molecule has 168 valence electrons. The lowest BCUT2D eigenvalue weighted by Gasteiger charge is -2.34. The summed E-state index contributed by atoms with van der Waals surface area (Å²) in [5, 5.41) is 17.7. The van der Waals surface area contributed by atoms with E-state index in [4.69, 9.17) is 11.6 Å². The Hall–Kier alpha value is -3.56. The molecule has 0 radical (unpaired) electrons. The number of aromatic nitrogens is 6.